The van der Waals surface area contributed by atoms with Crippen LogP contribution in [-0.4, -0.2) is 159 Å². The largest absolute Gasteiger partial charge is 0.460 e. The van der Waals surface area contributed by atoms with Crippen molar-refractivity contribution in [1.82, 2.24) is 10.2 Å². The molecule has 4 amide bonds. The van der Waals surface area contributed by atoms with Crippen LogP contribution in [0.3, 0.4) is 0 Å². The number of imide groups is 2. The lowest BCUT2D eigenvalue weighted by molar-refractivity contribution is -0.136. The van der Waals surface area contributed by atoms with E-state index in [1.54, 1.807) is 42.5 Å². The fourth-order valence-electron chi connectivity index (χ4n) is 5.41. The summed E-state index contributed by atoms with van der Waals surface area (Å²) in [6, 6.07) is 12.7. The number of hydrogen-bond donors (Lipinski definition) is 2. The predicted molar refractivity (Wildman–Crippen MR) is 195 cm³/mol. The lowest BCUT2D eigenvalue weighted by Crippen LogP contribution is -2.54. The van der Waals surface area contributed by atoms with Gasteiger partial charge in [0.25, 0.3) is 11.8 Å². The first-order chi connectivity index (χ1) is 27.0. The van der Waals surface area contributed by atoms with Gasteiger partial charge >= 0.3 is 5.97 Å². The number of fused-ring (bicyclic) bond motifs is 1. The molecule has 2 aromatic rings. The van der Waals surface area contributed by atoms with Crippen LogP contribution in [-0.2, 0) is 52.2 Å². The second-order valence-corrected chi connectivity index (χ2v) is 12.0. The molecule has 17 nitrogen and oxygen atoms in total. The van der Waals surface area contributed by atoms with Crippen molar-refractivity contribution >= 4 is 35.3 Å². The van der Waals surface area contributed by atoms with Crippen LogP contribution in [0.2, 0.25) is 0 Å². The van der Waals surface area contributed by atoms with Gasteiger partial charge in [-0.15, -0.1) is 0 Å². The fourth-order valence-corrected chi connectivity index (χ4v) is 5.41. The van der Waals surface area contributed by atoms with Crippen molar-refractivity contribution in [2.24, 2.45) is 0 Å². The van der Waals surface area contributed by atoms with Gasteiger partial charge in [-0.05, 0) is 30.7 Å². The van der Waals surface area contributed by atoms with Crippen molar-refractivity contribution in [1.29, 1.82) is 0 Å². The van der Waals surface area contributed by atoms with Crippen molar-refractivity contribution in [3.8, 4) is 0 Å². The Kier molecular flexibility index (Phi) is 20.3. The summed E-state index contributed by atoms with van der Waals surface area (Å²) in [5.74, 6) is -2.55. The van der Waals surface area contributed by atoms with Gasteiger partial charge in [0.1, 0.15) is 12.6 Å². The molecule has 1 saturated heterocycles. The van der Waals surface area contributed by atoms with Crippen molar-refractivity contribution in [2.45, 2.75) is 18.9 Å². The Hall–Kier alpha value is -4.33. The normalized spacial score (nSPS) is 15.3. The number of amides is 4. The van der Waals surface area contributed by atoms with Crippen molar-refractivity contribution in [3.05, 3.63) is 65.2 Å². The number of nitrogens with zero attached hydrogens (tertiary/aromatic N) is 1. The van der Waals surface area contributed by atoms with Gasteiger partial charge in [0.05, 0.1) is 122 Å². The number of anilines is 1. The molecular weight excluding hydrogens is 722 g/mol. The van der Waals surface area contributed by atoms with E-state index in [1.165, 1.54) is 0 Å². The molecule has 2 N–H and O–H groups in total. The lowest BCUT2D eigenvalue weighted by atomic mass is 10.0. The first-order valence-corrected chi connectivity index (χ1v) is 18.4. The molecule has 302 valence electrons. The molecule has 2 heterocycles. The zero-order chi connectivity index (χ0) is 38.9. The standard InChI is InChI=1S/C38H51N3O14/c42-33-10-9-32(35(43)40-33)41-36(44)30-7-4-8-31(34(30)37(41)45)39-11-12-47-13-14-48-15-16-49-17-18-50-19-20-51-21-22-52-23-24-53-25-26-54-27-28-55-38(46)29-5-2-1-3-6-29/h1-8,32,39H,9-28H2,(H,40,42,43). The van der Waals surface area contributed by atoms with Crippen LogP contribution in [0.25, 0.3) is 0 Å². The van der Waals surface area contributed by atoms with Crippen molar-refractivity contribution in [3.63, 3.8) is 0 Å². The third kappa shape index (κ3) is 15.4. The smallest absolute Gasteiger partial charge is 0.338 e. The Morgan fingerprint density at radius 2 is 1.09 bits per heavy atom. The topological polar surface area (TPSA) is 196 Å². The van der Waals surface area contributed by atoms with Crippen LogP contribution in [0.15, 0.2) is 48.5 Å². The third-order valence-corrected chi connectivity index (χ3v) is 8.10. The Balaban J connectivity index is 0.854. The summed E-state index contributed by atoms with van der Waals surface area (Å²) >= 11 is 0. The van der Waals surface area contributed by atoms with Gasteiger partial charge < -0.3 is 47.9 Å². The van der Waals surface area contributed by atoms with E-state index in [0.717, 1.165) is 4.90 Å². The Bertz CT molecular complexity index is 1490. The summed E-state index contributed by atoms with van der Waals surface area (Å²) < 4.78 is 49.0. The van der Waals surface area contributed by atoms with Crippen LogP contribution < -0.4 is 10.6 Å². The Morgan fingerprint density at radius 3 is 1.60 bits per heavy atom. The molecule has 2 aromatic carbocycles. The summed E-state index contributed by atoms with van der Waals surface area (Å²) in [7, 11) is 0. The van der Waals surface area contributed by atoms with E-state index in [-0.39, 0.29) is 36.5 Å². The molecule has 4 rings (SSSR count). The molecule has 1 fully saturated rings. The summed E-state index contributed by atoms with van der Waals surface area (Å²) in [5.41, 5.74) is 1.41. The van der Waals surface area contributed by atoms with Crippen LogP contribution in [0.1, 0.15) is 43.9 Å². The number of nitrogens with one attached hydrogen (secondary N) is 2. The molecule has 1 atom stereocenters. The number of benzene rings is 2. The van der Waals surface area contributed by atoms with Gasteiger partial charge in [0.2, 0.25) is 11.8 Å². The van der Waals surface area contributed by atoms with Gasteiger partial charge in [-0.2, -0.15) is 0 Å². The third-order valence-electron chi connectivity index (χ3n) is 8.10. The second-order valence-electron chi connectivity index (χ2n) is 12.0. The Morgan fingerprint density at radius 1 is 0.600 bits per heavy atom. The lowest BCUT2D eigenvalue weighted by Gasteiger charge is -2.27. The molecule has 17 heteroatoms. The second kappa shape index (κ2) is 25.7. The van der Waals surface area contributed by atoms with E-state index in [4.69, 9.17) is 42.6 Å². The molecule has 0 bridgehead atoms. The molecule has 0 aliphatic carbocycles. The van der Waals surface area contributed by atoms with E-state index < -0.39 is 29.7 Å². The fraction of sp³-hybridized carbons (Fsp3) is 0.553. The van der Waals surface area contributed by atoms with Gasteiger partial charge in [-0.25, -0.2) is 4.79 Å². The number of piperidine rings is 1. The molecule has 55 heavy (non-hydrogen) atoms. The van der Waals surface area contributed by atoms with E-state index >= 15 is 0 Å². The van der Waals surface area contributed by atoms with E-state index in [2.05, 4.69) is 10.6 Å². The molecule has 1 unspecified atom stereocenters. The van der Waals surface area contributed by atoms with Crippen LogP contribution in [0, 0.1) is 0 Å². The number of carbonyl (C=O) groups excluding carboxylic acids is 5. The van der Waals surface area contributed by atoms with Crippen molar-refractivity contribution < 1.29 is 66.6 Å². The number of esters is 1. The molecule has 0 radical (unpaired) electrons. The zero-order valence-electron chi connectivity index (χ0n) is 31.0. The molecule has 0 spiro atoms. The number of rotatable bonds is 30. The number of hydrogen-bond acceptors (Lipinski definition) is 15. The minimum Gasteiger partial charge on any atom is -0.460 e. The summed E-state index contributed by atoms with van der Waals surface area (Å²) in [6.07, 6.45) is 0.163. The maximum atomic E-state index is 13.2. The highest BCUT2D eigenvalue weighted by Crippen LogP contribution is 2.32. The summed E-state index contributed by atoms with van der Waals surface area (Å²) in [6.45, 7) is 7.17. The summed E-state index contributed by atoms with van der Waals surface area (Å²) in [4.78, 5) is 62.7. The molecule has 0 aromatic heterocycles. The monoisotopic (exact) mass is 773 g/mol. The van der Waals surface area contributed by atoms with Crippen LogP contribution in [0.4, 0.5) is 5.69 Å². The zero-order valence-corrected chi connectivity index (χ0v) is 31.0. The number of ether oxygens (including phenoxy) is 9. The minimum atomic E-state index is -1.01. The average Bonchev–Trinajstić information content (AvgIpc) is 3.45. The first-order valence-electron chi connectivity index (χ1n) is 18.4. The predicted octanol–water partition coefficient (Wildman–Crippen LogP) is 1.49. The maximum absolute atomic E-state index is 13.2. The quantitative estimate of drug-likeness (QED) is 0.0658. The van der Waals surface area contributed by atoms with Gasteiger partial charge in [-0.1, -0.05) is 24.3 Å². The first kappa shape index (κ1) is 43.4. The number of carbonyl (C=O) groups is 5. The van der Waals surface area contributed by atoms with E-state index in [9.17, 15) is 24.0 Å². The molecule has 2 aliphatic heterocycles. The maximum Gasteiger partial charge on any atom is 0.338 e. The van der Waals surface area contributed by atoms with Crippen molar-refractivity contribution in [2.75, 3.05) is 124 Å². The van der Waals surface area contributed by atoms with Crippen LogP contribution >= 0.6 is 0 Å². The molecule has 2 aliphatic rings. The van der Waals surface area contributed by atoms with Gasteiger partial charge in [-0.3, -0.25) is 29.4 Å². The van der Waals surface area contributed by atoms with Gasteiger partial charge in [0, 0.05) is 18.7 Å². The minimum absolute atomic E-state index is 0.0627. The average molecular weight is 774 g/mol. The highest BCUT2D eigenvalue weighted by Gasteiger charge is 2.45. The SMILES string of the molecule is O=C1CCC(N2C(=O)c3cccc(NCCOCCOCCOCCOCCOCCOCCOCCOCCOC(=O)c4ccccc4)c3C2=O)C(=O)N1. The van der Waals surface area contributed by atoms with E-state index in [0.29, 0.717) is 124 Å². The molecule has 0 saturated carbocycles. The molecular formula is C38H51N3O14. The van der Waals surface area contributed by atoms with E-state index in [1.807, 2.05) is 6.07 Å². The van der Waals surface area contributed by atoms with Gasteiger partial charge in [0.15, 0.2) is 0 Å². The highest BCUT2D eigenvalue weighted by atomic mass is 16.6. The Labute approximate surface area is 320 Å². The highest BCUT2D eigenvalue weighted by molar-refractivity contribution is 6.25. The van der Waals surface area contributed by atoms with Crippen LogP contribution in [0.5, 0.6) is 0 Å². The summed E-state index contributed by atoms with van der Waals surface area (Å²) in [5, 5.41) is 5.32.